The number of ether oxygens (including phenoxy) is 1. The molecule has 0 aliphatic carbocycles. The van der Waals surface area contributed by atoms with Crippen LogP contribution in [0.5, 0.6) is 0 Å². The molecule has 26 heavy (non-hydrogen) atoms. The number of carbonyl (C=O) groups excluding carboxylic acids is 1. The van der Waals surface area contributed by atoms with E-state index in [0.29, 0.717) is 31.2 Å². The van der Waals surface area contributed by atoms with Crippen molar-refractivity contribution in [3.8, 4) is 12.3 Å². The van der Waals surface area contributed by atoms with Crippen LogP contribution in [0, 0.1) is 24.3 Å². The quantitative estimate of drug-likeness (QED) is 0.655. The van der Waals surface area contributed by atoms with Crippen molar-refractivity contribution in [1.82, 2.24) is 19.5 Å². The highest BCUT2D eigenvalue weighted by molar-refractivity contribution is 5.96. The van der Waals surface area contributed by atoms with Crippen LogP contribution in [0.3, 0.4) is 0 Å². The number of anilines is 1. The number of hydrogen-bond acceptors (Lipinski definition) is 5. The Morgan fingerprint density at radius 1 is 1.54 bits per heavy atom. The van der Waals surface area contributed by atoms with Gasteiger partial charge in [-0.3, -0.25) is 9.36 Å². The standard InChI is InChI=1S/C18H22FN5O2/c1-5-8-12(25)21-15-14-16(23-17(19)22-15)24(10-20-14)13-9-11(4)18(6-2,7-3)26-13/h2,10-11,13H,5,7-9H2,1,3-4H3,(H,21,22,23,25)/t11-,13+,18+/m0/s1. The predicted molar refractivity (Wildman–Crippen MR) is 94.6 cm³/mol. The number of rotatable bonds is 5. The van der Waals surface area contributed by atoms with Gasteiger partial charge in [0.05, 0.1) is 6.33 Å². The van der Waals surface area contributed by atoms with Crippen molar-refractivity contribution in [1.29, 1.82) is 0 Å². The van der Waals surface area contributed by atoms with Gasteiger partial charge < -0.3 is 10.1 Å². The van der Waals surface area contributed by atoms with Gasteiger partial charge in [-0.25, -0.2) is 4.98 Å². The summed E-state index contributed by atoms with van der Waals surface area (Å²) in [6.07, 6.45) is 8.21. The number of nitrogens with zero attached hydrogens (tertiary/aromatic N) is 4. The van der Waals surface area contributed by atoms with Crippen LogP contribution in [0.25, 0.3) is 11.2 Å². The average molecular weight is 359 g/mol. The summed E-state index contributed by atoms with van der Waals surface area (Å²) in [5, 5.41) is 2.60. The fourth-order valence-electron chi connectivity index (χ4n) is 3.39. The summed E-state index contributed by atoms with van der Waals surface area (Å²) in [6, 6.07) is 0. The molecule has 2 aromatic heterocycles. The Balaban J connectivity index is 1.98. The summed E-state index contributed by atoms with van der Waals surface area (Å²) in [6.45, 7) is 5.90. The molecule has 8 heteroatoms. The molecule has 3 atom stereocenters. The first-order valence-corrected chi connectivity index (χ1v) is 8.79. The van der Waals surface area contributed by atoms with Crippen molar-refractivity contribution in [2.24, 2.45) is 5.92 Å². The summed E-state index contributed by atoms with van der Waals surface area (Å²) in [5.41, 5.74) is -0.0717. The van der Waals surface area contributed by atoms with Crippen molar-refractivity contribution in [2.75, 3.05) is 5.32 Å². The third-order valence-corrected chi connectivity index (χ3v) is 4.91. The van der Waals surface area contributed by atoms with E-state index in [1.165, 1.54) is 6.33 Å². The number of imidazole rings is 1. The van der Waals surface area contributed by atoms with Crippen LogP contribution >= 0.6 is 0 Å². The lowest BCUT2D eigenvalue weighted by Gasteiger charge is -2.25. The van der Waals surface area contributed by atoms with Gasteiger partial charge in [-0.2, -0.15) is 14.4 Å². The van der Waals surface area contributed by atoms with E-state index < -0.39 is 17.9 Å². The molecular formula is C18H22FN5O2. The summed E-state index contributed by atoms with van der Waals surface area (Å²) in [7, 11) is 0. The number of aromatic nitrogens is 4. The molecule has 1 N–H and O–H groups in total. The summed E-state index contributed by atoms with van der Waals surface area (Å²) < 4.78 is 21.7. The Morgan fingerprint density at radius 3 is 2.92 bits per heavy atom. The van der Waals surface area contributed by atoms with Crippen LogP contribution in [-0.4, -0.2) is 31.0 Å². The molecule has 2 aromatic rings. The zero-order chi connectivity index (χ0) is 18.9. The summed E-state index contributed by atoms with van der Waals surface area (Å²) in [5.74, 6) is 2.71. The molecule has 3 rings (SSSR count). The third kappa shape index (κ3) is 3.03. The van der Waals surface area contributed by atoms with Crippen molar-refractivity contribution < 1.29 is 13.9 Å². The minimum Gasteiger partial charge on any atom is -0.339 e. The largest absolute Gasteiger partial charge is 0.339 e. The van der Waals surface area contributed by atoms with E-state index in [2.05, 4.69) is 26.2 Å². The monoisotopic (exact) mass is 359 g/mol. The van der Waals surface area contributed by atoms with E-state index in [-0.39, 0.29) is 23.3 Å². The Hall–Kier alpha value is -2.53. The van der Waals surface area contributed by atoms with Crippen LogP contribution in [-0.2, 0) is 9.53 Å². The highest BCUT2D eigenvalue weighted by Gasteiger charge is 2.45. The molecule has 1 fully saturated rings. The lowest BCUT2D eigenvalue weighted by atomic mass is 9.87. The molecule has 3 heterocycles. The molecule has 0 saturated carbocycles. The number of carbonyl (C=O) groups is 1. The van der Waals surface area contributed by atoms with Crippen LogP contribution in [0.4, 0.5) is 10.2 Å². The lowest BCUT2D eigenvalue weighted by molar-refractivity contribution is -0.116. The van der Waals surface area contributed by atoms with Gasteiger partial charge in [-0.05, 0) is 19.3 Å². The predicted octanol–water partition coefficient (Wildman–Crippen LogP) is 3.04. The summed E-state index contributed by atoms with van der Waals surface area (Å²) in [4.78, 5) is 23.7. The van der Waals surface area contributed by atoms with Gasteiger partial charge in [0.15, 0.2) is 17.0 Å². The van der Waals surface area contributed by atoms with Crippen molar-refractivity contribution >= 4 is 22.9 Å². The number of terminal acetylenes is 1. The average Bonchev–Trinajstić information content (AvgIpc) is 3.16. The fraction of sp³-hybridized carbons (Fsp3) is 0.556. The Morgan fingerprint density at radius 2 is 2.31 bits per heavy atom. The maximum absolute atomic E-state index is 14.0. The number of hydrogen-bond donors (Lipinski definition) is 1. The normalized spacial score (nSPS) is 25.3. The van der Waals surface area contributed by atoms with Crippen LogP contribution in [0.1, 0.15) is 52.7 Å². The van der Waals surface area contributed by atoms with E-state index in [9.17, 15) is 9.18 Å². The number of nitrogens with one attached hydrogen (secondary N) is 1. The van der Waals surface area contributed by atoms with Gasteiger partial charge in [0.25, 0.3) is 0 Å². The maximum Gasteiger partial charge on any atom is 0.312 e. The Kier molecular flexibility index (Phi) is 4.92. The molecule has 0 bridgehead atoms. The second-order valence-electron chi connectivity index (χ2n) is 6.56. The van der Waals surface area contributed by atoms with Gasteiger partial charge in [-0.15, -0.1) is 6.42 Å². The molecule has 7 nitrogen and oxygen atoms in total. The number of fused-ring (bicyclic) bond motifs is 1. The molecule has 0 spiro atoms. The van der Waals surface area contributed by atoms with E-state index in [1.807, 2.05) is 20.8 Å². The molecule has 138 valence electrons. The second kappa shape index (κ2) is 7.00. The maximum atomic E-state index is 14.0. The highest BCUT2D eigenvalue weighted by atomic mass is 19.1. The van der Waals surface area contributed by atoms with E-state index in [4.69, 9.17) is 11.2 Å². The molecule has 1 aliphatic heterocycles. The molecule has 1 saturated heterocycles. The van der Waals surface area contributed by atoms with Crippen molar-refractivity contribution in [2.45, 2.75) is 58.3 Å². The molecule has 0 unspecified atom stereocenters. The minimum absolute atomic E-state index is 0.0643. The Bertz CT molecular complexity index is 874. The lowest BCUT2D eigenvalue weighted by Crippen LogP contribution is -2.31. The van der Waals surface area contributed by atoms with Gasteiger partial charge in [0.1, 0.15) is 11.8 Å². The summed E-state index contributed by atoms with van der Waals surface area (Å²) >= 11 is 0. The van der Waals surface area contributed by atoms with Crippen LogP contribution in [0.2, 0.25) is 0 Å². The fourth-order valence-corrected chi connectivity index (χ4v) is 3.39. The van der Waals surface area contributed by atoms with E-state index >= 15 is 0 Å². The minimum atomic E-state index is -0.934. The number of amides is 1. The topological polar surface area (TPSA) is 81.9 Å². The van der Waals surface area contributed by atoms with Gasteiger partial charge in [-0.1, -0.05) is 26.7 Å². The smallest absolute Gasteiger partial charge is 0.312 e. The first-order chi connectivity index (χ1) is 12.4. The highest BCUT2D eigenvalue weighted by Crippen LogP contribution is 2.43. The number of halogens is 1. The zero-order valence-corrected chi connectivity index (χ0v) is 15.1. The third-order valence-electron chi connectivity index (χ3n) is 4.91. The molecule has 1 aliphatic rings. The van der Waals surface area contributed by atoms with Crippen molar-refractivity contribution in [3.05, 3.63) is 12.4 Å². The van der Waals surface area contributed by atoms with Crippen LogP contribution < -0.4 is 5.32 Å². The second-order valence-corrected chi connectivity index (χ2v) is 6.56. The Labute approximate surface area is 151 Å². The van der Waals surface area contributed by atoms with Gasteiger partial charge >= 0.3 is 6.08 Å². The van der Waals surface area contributed by atoms with E-state index in [0.717, 1.165) is 0 Å². The first-order valence-electron chi connectivity index (χ1n) is 8.79. The van der Waals surface area contributed by atoms with Gasteiger partial charge in [0, 0.05) is 12.3 Å². The first kappa shape index (κ1) is 18.3. The van der Waals surface area contributed by atoms with E-state index in [1.54, 1.807) is 4.57 Å². The SMILES string of the molecule is C#C[C@]1(CC)O[C@@H](n2cnc3c(NC(=O)CCC)nc(F)nc32)C[C@@H]1C. The molecular weight excluding hydrogens is 337 g/mol. The molecule has 0 radical (unpaired) electrons. The zero-order valence-electron chi connectivity index (χ0n) is 15.1. The van der Waals surface area contributed by atoms with Crippen molar-refractivity contribution in [3.63, 3.8) is 0 Å². The molecule has 1 amide bonds. The van der Waals surface area contributed by atoms with Crippen LogP contribution in [0.15, 0.2) is 6.33 Å². The molecule has 0 aromatic carbocycles. The van der Waals surface area contributed by atoms with Gasteiger partial charge in [0.2, 0.25) is 5.91 Å².